The normalized spacial score (nSPS) is 10.9. The van der Waals surface area contributed by atoms with Gasteiger partial charge >= 0.3 is 0 Å². The molecule has 0 bridgehead atoms. The summed E-state index contributed by atoms with van der Waals surface area (Å²) in [5.74, 6) is 0.834. The lowest BCUT2D eigenvalue weighted by atomic mass is 10.2. The van der Waals surface area contributed by atoms with Gasteiger partial charge in [-0.2, -0.15) is 0 Å². The van der Waals surface area contributed by atoms with Crippen molar-refractivity contribution in [3.05, 3.63) is 76.2 Å². The van der Waals surface area contributed by atoms with Gasteiger partial charge in [0, 0.05) is 13.1 Å². The maximum absolute atomic E-state index is 12.9. The van der Waals surface area contributed by atoms with Crippen LogP contribution in [-0.4, -0.2) is 29.0 Å². The van der Waals surface area contributed by atoms with Crippen LogP contribution >= 0.6 is 0 Å². The van der Waals surface area contributed by atoms with E-state index in [0.717, 1.165) is 11.3 Å². The molecule has 7 heteroatoms. The summed E-state index contributed by atoms with van der Waals surface area (Å²) in [7, 11) is 3.34. The Morgan fingerprint density at radius 2 is 1.87 bits per heavy atom. The van der Waals surface area contributed by atoms with E-state index in [1.165, 1.54) is 10.8 Å². The number of aromatic nitrogens is 2. The first-order valence-corrected chi connectivity index (χ1v) is 9.60. The zero-order chi connectivity index (χ0) is 21.7. The van der Waals surface area contributed by atoms with Crippen molar-refractivity contribution in [2.45, 2.75) is 13.8 Å². The summed E-state index contributed by atoms with van der Waals surface area (Å²) in [6.45, 7) is 4.22. The second-order valence-electron chi connectivity index (χ2n) is 6.60. The Morgan fingerprint density at radius 1 is 1.13 bits per heavy atom. The summed E-state index contributed by atoms with van der Waals surface area (Å²) in [6, 6.07) is 14.7. The van der Waals surface area contributed by atoms with Crippen LogP contribution in [0.2, 0.25) is 0 Å². The summed E-state index contributed by atoms with van der Waals surface area (Å²) < 4.78 is 14.1. The van der Waals surface area contributed by atoms with E-state index in [0.29, 0.717) is 23.8 Å². The molecule has 0 spiro atoms. The number of anilines is 1. The van der Waals surface area contributed by atoms with E-state index >= 15 is 0 Å². The predicted octanol–water partition coefficient (Wildman–Crippen LogP) is 3.54. The van der Waals surface area contributed by atoms with Gasteiger partial charge < -0.3 is 14.8 Å². The average molecular weight is 407 g/mol. The van der Waals surface area contributed by atoms with Crippen molar-refractivity contribution in [1.82, 2.24) is 9.36 Å². The number of nitrogens with one attached hydrogen (secondary N) is 1. The molecular formula is C23H25N3O4. The average Bonchev–Trinajstić information content (AvgIpc) is 2.97. The summed E-state index contributed by atoms with van der Waals surface area (Å²) in [5, 5.41) is 2.70. The van der Waals surface area contributed by atoms with E-state index in [1.807, 2.05) is 43.3 Å². The monoisotopic (exact) mass is 407 g/mol. The highest BCUT2D eigenvalue weighted by molar-refractivity contribution is 6.02. The van der Waals surface area contributed by atoms with Crippen LogP contribution in [0.5, 0.6) is 11.5 Å². The number of para-hydroxylation sites is 1. The number of rotatable bonds is 7. The van der Waals surface area contributed by atoms with Crippen LogP contribution in [0.3, 0.4) is 0 Å². The molecular weight excluding hydrogens is 382 g/mol. The molecule has 1 amide bonds. The molecule has 0 unspecified atom stereocenters. The fourth-order valence-corrected chi connectivity index (χ4v) is 3.11. The molecule has 1 aromatic heterocycles. The van der Waals surface area contributed by atoms with Crippen LogP contribution in [-0.2, 0) is 11.8 Å². The highest BCUT2D eigenvalue weighted by atomic mass is 16.5. The number of benzene rings is 2. The third kappa shape index (κ3) is 4.30. The Morgan fingerprint density at radius 3 is 2.53 bits per heavy atom. The molecule has 2 aromatic carbocycles. The SMILES string of the molecule is CCOc1ccc(/C=C/C(=O)Nc2c(C)n(C)n(-c3ccccc3)c2=O)cc1OC. The molecule has 0 aliphatic rings. The topological polar surface area (TPSA) is 74.5 Å². The number of ether oxygens (including phenoxy) is 2. The lowest BCUT2D eigenvalue weighted by Gasteiger charge is -2.09. The Bertz CT molecular complexity index is 1130. The molecule has 1 heterocycles. The van der Waals surface area contributed by atoms with E-state index < -0.39 is 5.91 Å². The van der Waals surface area contributed by atoms with Crippen molar-refractivity contribution in [1.29, 1.82) is 0 Å². The van der Waals surface area contributed by atoms with Crippen molar-refractivity contribution in [2.75, 3.05) is 19.0 Å². The van der Waals surface area contributed by atoms with Crippen LogP contribution in [0.15, 0.2) is 59.4 Å². The van der Waals surface area contributed by atoms with E-state index in [2.05, 4.69) is 5.32 Å². The molecule has 0 saturated heterocycles. The molecule has 0 aliphatic heterocycles. The van der Waals surface area contributed by atoms with Crippen LogP contribution < -0.4 is 20.3 Å². The third-order valence-corrected chi connectivity index (χ3v) is 4.72. The Balaban J connectivity index is 1.81. The van der Waals surface area contributed by atoms with Gasteiger partial charge in [0.25, 0.3) is 5.56 Å². The highest BCUT2D eigenvalue weighted by Gasteiger charge is 2.17. The summed E-state index contributed by atoms with van der Waals surface area (Å²) >= 11 is 0. The van der Waals surface area contributed by atoms with Gasteiger partial charge in [-0.15, -0.1) is 0 Å². The van der Waals surface area contributed by atoms with Gasteiger partial charge in [-0.1, -0.05) is 24.3 Å². The van der Waals surface area contributed by atoms with Gasteiger partial charge in [0.2, 0.25) is 5.91 Å². The predicted molar refractivity (Wildman–Crippen MR) is 118 cm³/mol. The zero-order valence-corrected chi connectivity index (χ0v) is 17.5. The standard InChI is InChI=1S/C23H25N3O4/c1-5-30-19-13-11-17(15-20(19)29-4)12-14-21(27)24-22-16(2)25(3)26(23(22)28)18-9-7-6-8-10-18/h6-15H,5H2,1-4H3,(H,24,27)/b14-12+. The summed E-state index contributed by atoms with van der Waals surface area (Å²) in [4.78, 5) is 25.3. The van der Waals surface area contributed by atoms with Gasteiger partial charge in [0.05, 0.1) is 25.1 Å². The quantitative estimate of drug-likeness (QED) is 0.608. The molecule has 3 rings (SSSR count). The molecule has 1 N–H and O–H groups in total. The van der Waals surface area contributed by atoms with Gasteiger partial charge in [-0.25, -0.2) is 4.68 Å². The Labute approximate surface area is 175 Å². The molecule has 0 radical (unpaired) electrons. The maximum Gasteiger partial charge on any atom is 0.295 e. The largest absolute Gasteiger partial charge is 0.493 e. The fourth-order valence-electron chi connectivity index (χ4n) is 3.11. The van der Waals surface area contributed by atoms with Crippen LogP contribution in [0.25, 0.3) is 11.8 Å². The number of methoxy groups -OCH3 is 1. The maximum atomic E-state index is 12.9. The molecule has 0 fully saturated rings. The Kier molecular flexibility index (Phi) is 6.41. The van der Waals surface area contributed by atoms with Crippen LogP contribution in [0, 0.1) is 6.92 Å². The third-order valence-electron chi connectivity index (χ3n) is 4.72. The molecule has 7 nitrogen and oxygen atoms in total. The first-order valence-electron chi connectivity index (χ1n) is 9.60. The van der Waals surface area contributed by atoms with Crippen molar-refractivity contribution in [3.63, 3.8) is 0 Å². The molecule has 30 heavy (non-hydrogen) atoms. The highest BCUT2D eigenvalue weighted by Crippen LogP contribution is 2.28. The number of hydrogen-bond donors (Lipinski definition) is 1. The van der Waals surface area contributed by atoms with Gasteiger partial charge in [0.1, 0.15) is 5.69 Å². The molecule has 0 saturated carbocycles. The van der Waals surface area contributed by atoms with Crippen molar-refractivity contribution in [3.8, 4) is 17.2 Å². The lowest BCUT2D eigenvalue weighted by molar-refractivity contribution is -0.111. The zero-order valence-electron chi connectivity index (χ0n) is 17.5. The minimum Gasteiger partial charge on any atom is -0.493 e. The smallest absolute Gasteiger partial charge is 0.295 e. The minimum atomic E-state index is -0.395. The van der Waals surface area contributed by atoms with Crippen molar-refractivity contribution in [2.24, 2.45) is 7.05 Å². The molecule has 3 aromatic rings. The number of carbonyl (C=O) groups is 1. The first-order chi connectivity index (χ1) is 14.5. The second-order valence-corrected chi connectivity index (χ2v) is 6.60. The number of nitrogens with zero attached hydrogens (tertiary/aromatic N) is 2. The molecule has 0 atom stereocenters. The first kappa shape index (κ1) is 21.0. The van der Waals surface area contributed by atoms with E-state index in [9.17, 15) is 9.59 Å². The van der Waals surface area contributed by atoms with Gasteiger partial charge in [-0.05, 0) is 49.8 Å². The summed E-state index contributed by atoms with van der Waals surface area (Å²) in [5.41, 5.74) is 2.13. The summed E-state index contributed by atoms with van der Waals surface area (Å²) in [6.07, 6.45) is 3.04. The molecule has 0 aliphatic carbocycles. The van der Waals surface area contributed by atoms with Crippen molar-refractivity contribution < 1.29 is 14.3 Å². The van der Waals surface area contributed by atoms with Gasteiger partial charge in [-0.3, -0.25) is 14.3 Å². The van der Waals surface area contributed by atoms with E-state index in [4.69, 9.17) is 9.47 Å². The van der Waals surface area contributed by atoms with Crippen molar-refractivity contribution >= 4 is 17.7 Å². The minimum absolute atomic E-state index is 0.250. The van der Waals surface area contributed by atoms with Crippen LogP contribution in [0.4, 0.5) is 5.69 Å². The van der Waals surface area contributed by atoms with E-state index in [1.54, 1.807) is 44.0 Å². The lowest BCUT2D eigenvalue weighted by Crippen LogP contribution is -2.22. The Hall–Kier alpha value is -3.74. The van der Waals surface area contributed by atoms with Gasteiger partial charge in [0.15, 0.2) is 11.5 Å². The molecule has 156 valence electrons. The number of hydrogen-bond acceptors (Lipinski definition) is 4. The second kappa shape index (κ2) is 9.17. The van der Waals surface area contributed by atoms with Crippen LogP contribution in [0.1, 0.15) is 18.2 Å². The van der Waals surface area contributed by atoms with E-state index in [-0.39, 0.29) is 11.2 Å². The fraction of sp³-hybridized carbons (Fsp3) is 0.217. The number of amides is 1. The number of carbonyl (C=O) groups excluding carboxylic acids is 1.